The van der Waals surface area contributed by atoms with Crippen molar-refractivity contribution < 1.29 is 28.2 Å². The van der Waals surface area contributed by atoms with Crippen molar-refractivity contribution >= 4 is 34.1 Å². The van der Waals surface area contributed by atoms with Crippen LogP contribution in [0.3, 0.4) is 0 Å². The number of carbonyl (C=O) groups is 2. The standard InChI is InChI=1S/C29H27NO6/c1-5-35-29(32)20-6-10-21(11-7-20)30-28(31)14-18(2)23-15-24-25(17-36-27(24)16-26(23)34-4)19-8-12-22(33-3)13-9-19/h6-17H,5H2,1-4H3,(H,30,31)/b18-14+. The van der Waals surface area contributed by atoms with Crippen LogP contribution in [-0.4, -0.2) is 32.7 Å². The van der Waals surface area contributed by atoms with Crippen molar-refractivity contribution in [2.45, 2.75) is 13.8 Å². The number of anilines is 1. The van der Waals surface area contributed by atoms with Gasteiger partial charge in [0.05, 0.1) is 32.7 Å². The molecule has 0 saturated carbocycles. The fraction of sp³-hybridized carbons (Fsp3) is 0.172. The van der Waals surface area contributed by atoms with Gasteiger partial charge in [-0.05, 0) is 67.4 Å². The number of ether oxygens (including phenoxy) is 3. The fourth-order valence-corrected chi connectivity index (χ4v) is 3.88. The number of furan rings is 1. The lowest BCUT2D eigenvalue weighted by molar-refractivity contribution is -0.111. The normalized spacial score (nSPS) is 11.3. The van der Waals surface area contributed by atoms with Gasteiger partial charge in [-0.15, -0.1) is 0 Å². The molecule has 1 heterocycles. The second kappa shape index (κ2) is 10.8. The summed E-state index contributed by atoms with van der Waals surface area (Å²) in [6, 6.07) is 18.1. The zero-order valence-corrected chi connectivity index (χ0v) is 20.6. The van der Waals surface area contributed by atoms with Gasteiger partial charge < -0.3 is 23.9 Å². The lowest BCUT2D eigenvalue weighted by Gasteiger charge is -2.10. The van der Waals surface area contributed by atoms with Gasteiger partial charge in [0.15, 0.2) is 0 Å². The summed E-state index contributed by atoms with van der Waals surface area (Å²) in [6.45, 7) is 3.90. The maximum Gasteiger partial charge on any atom is 0.338 e. The van der Waals surface area contributed by atoms with Crippen LogP contribution >= 0.6 is 0 Å². The van der Waals surface area contributed by atoms with Crippen LogP contribution < -0.4 is 14.8 Å². The molecule has 4 aromatic rings. The molecule has 0 saturated heterocycles. The molecule has 7 heteroatoms. The Kier molecular flexibility index (Phi) is 7.39. The summed E-state index contributed by atoms with van der Waals surface area (Å²) in [5.41, 5.74) is 5.07. The number of methoxy groups -OCH3 is 2. The highest BCUT2D eigenvalue weighted by Gasteiger charge is 2.15. The summed E-state index contributed by atoms with van der Waals surface area (Å²) in [7, 11) is 3.21. The molecule has 4 rings (SSSR count). The van der Waals surface area contributed by atoms with Crippen LogP contribution in [0.5, 0.6) is 11.5 Å². The van der Waals surface area contributed by atoms with Gasteiger partial charge in [0.1, 0.15) is 17.1 Å². The van der Waals surface area contributed by atoms with E-state index in [9.17, 15) is 9.59 Å². The topological polar surface area (TPSA) is 87.0 Å². The van der Waals surface area contributed by atoms with E-state index in [0.29, 0.717) is 29.2 Å². The number of allylic oxidation sites excluding steroid dienone is 1. The van der Waals surface area contributed by atoms with E-state index < -0.39 is 5.97 Å². The first-order valence-electron chi connectivity index (χ1n) is 11.4. The molecule has 0 aliphatic heterocycles. The largest absolute Gasteiger partial charge is 0.497 e. The van der Waals surface area contributed by atoms with Crippen molar-refractivity contribution in [1.29, 1.82) is 0 Å². The Hall–Kier alpha value is -4.52. The Labute approximate surface area is 209 Å². The first kappa shape index (κ1) is 24.6. The Morgan fingerprint density at radius 1 is 0.972 bits per heavy atom. The molecule has 1 amide bonds. The first-order chi connectivity index (χ1) is 17.4. The molecule has 0 radical (unpaired) electrons. The zero-order valence-electron chi connectivity index (χ0n) is 20.6. The molecule has 1 N–H and O–H groups in total. The number of hydrogen-bond acceptors (Lipinski definition) is 6. The molecule has 0 unspecified atom stereocenters. The van der Waals surface area contributed by atoms with E-state index in [1.807, 2.05) is 43.3 Å². The van der Waals surface area contributed by atoms with Gasteiger partial charge in [-0.2, -0.15) is 0 Å². The number of carbonyl (C=O) groups excluding carboxylic acids is 2. The number of amides is 1. The minimum Gasteiger partial charge on any atom is -0.497 e. The third kappa shape index (κ3) is 5.25. The van der Waals surface area contributed by atoms with Crippen molar-refractivity contribution in [3.05, 3.63) is 84.1 Å². The van der Waals surface area contributed by atoms with Crippen molar-refractivity contribution in [3.8, 4) is 22.6 Å². The van der Waals surface area contributed by atoms with E-state index in [4.69, 9.17) is 18.6 Å². The van der Waals surface area contributed by atoms with Crippen LogP contribution in [-0.2, 0) is 9.53 Å². The third-order valence-corrected chi connectivity index (χ3v) is 5.73. The number of benzene rings is 3. The average molecular weight is 486 g/mol. The number of rotatable bonds is 8. The molecule has 0 bridgehead atoms. The Morgan fingerprint density at radius 2 is 1.69 bits per heavy atom. The van der Waals surface area contributed by atoms with Crippen LogP contribution in [0, 0.1) is 0 Å². The predicted molar refractivity (Wildman–Crippen MR) is 139 cm³/mol. The molecule has 0 atom stereocenters. The summed E-state index contributed by atoms with van der Waals surface area (Å²) < 4.78 is 21.6. The van der Waals surface area contributed by atoms with Crippen LogP contribution in [0.25, 0.3) is 27.7 Å². The van der Waals surface area contributed by atoms with Crippen LogP contribution in [0.4, 0.5) is 5.69 Å². The highest BCUT2D eigenvalue weighted by Crippen LogP contribution is 2.37. The molecule has 0 spiro atoms. The molecule has 0 fully saturated rings. The van der Waals surface area contributed by atoms with Gasteiger partial charge >= 0.3 is 5.97 Å². The lowest BCUT2D eigenvalue weighted by Crippen LogP contribution is -2.09. The Bertz CT molecular complexity index is 1410. The van der Waals surface area contributed by atoms with Crippen molar-refractivity contribution in [1.82, 2.24) is 0 Å². The lowest BCUT2D eigenvalue weighted by atomic mass is 9.99. The maximum absolute atomic E-state index is 12.7. The second-order valence-electron chi connectivity index (χ2n) is 8.04. The maximum atomic E-state index is 12.7. The van der Waals surface area contributed by atoms with Crippen molar-refractivity contribution in [3.63, 3.8) is 0 Å². The summed E-state index contributed by atoms with van der Waals surface area (Å²) in [4.78, 5) is 24.5. The van der Waals surface area contributed by atoms with Gasteiger partial charge in [-0.3, -0.25) is 4.79 Å². The zero-order chi connectivity index (χ0) is 25.7. The van der Waals surface area contributed by atoms with E-state index in [2.05, 4.69) is 5.32 Å². The van der Waals surface area contributed by atoms with E-state index in [1.165, 1.54) is 6.08 Å². The number of fused-ring (bicyclic) bond motifs is 1. The molecule has 36 heavy (non-hydrogen) atoms. The first-order valence-corrected chi connectivity index (χ1v) is 11.4. The van der Waals surface area contributed by atoms with Crippen LogP contribution in [0.2, 0.25) is 0 Å². The van der Waals surface area contributed by atoms with Gasteiger partial charge in [0, 0.05) is 34.3 Å². The van der Waals surface area contributed by atoms with Gasteiger partial charge in [-0.25, -0.2) is 4.79 Å². The third-order valence-electron chi connectivity index (χ3n) is 5.73. The molecular weight excluding hydrogens is 458 g/mol. The summed E-state index contributed by atoms with van der Waals surface area (Å²) >= 11 is 0. The summed E-state index contributed by atoms with van der Waals surface area (Å²) in [6.07, 6.45) is 3.22. The molecule has 7 nitrogen and oxygen atoms in total. The smallest absolute Gasteiger partial charge is 0.338 e. The number of esters is 1. The quantitative estimate of drug-likeness (QED) is 0.232. The molecule has 0 aliphatic rings. The van der Waals surface area contributed by atoms with Crippen LogP contribution in [0.1, 0.15) is 29.8 Å². The van der Waals surface area contributed by atoms with Gasteiger partial charge in [-0.1, -0.05) is 12.1 Å². The van der Waals surface area contributed by atoms with Crippen molar-refractivity contribution in [2.75, 3.05) is 26.1 Å². The number of hydrogen-bond donors (Lipinski definition) is 1. The highest BCUT2D eigenvalue weighted by molar-refractivity contribution is 6.05. The number of nitrogens with one attached hydrogen (secondary N) is 1. The fourth-order valence-electron chi connectivity index (χ4n) is 3.88. The van der Waals surface area contributed by atoms with Crippen molar-refractivity contribution in [2.24, 2.45) is 0 Å². The van der Waals surface area contributed by atoms with E-state index in [-0.39, 0.29) is 5.91 Å². The second-order valence-corrected chi connectivity index (χ2v) is 8.04. The van der Waals surface area contributed by atoms with E-state index in [1.54, 1.807) is 51.7 Å². The summed E-state index contributed by atoms with van der Waals surface area (Å²) in [5.74, 6) is 0.663. The minimum atomic E-state index is -0.401. The molecular formula is C29H27NO6. The van der Waals surface area contributed by atoms with Gasteiger partial charge in [0.25, 0.3) is 0 Å². The SMILES string of the molecule is CCOC(=O)c1ccc(NC(=O)/C=C(\C)c2cc3c(-c4ccc(OC)cc4)coc3cc2OC)cc1. The van der Waals surface area contributed by atoms with Crippen LogP contribution in [0.15, 0.2) is 77.4 Å². The monoisotopic (exact) mass is 485 g/mol. The highest BCUT2D eigenvalue weighted by atomic mass is 16.5. The molecule has 3 aromatic carbocycles. The molecule has 0 aliphatic carbocycles. The van der Waals surface area contributed by atoms with E-state index >= 15 is 0 Å². The Balaban J connectivity index is 1.60. The summed E-state index contributed by atoms with van der Waals surface area (Å²) in [5, 5.41) is 3.72. The Morgan fingerprint density at radius 3 is 2.33 bits per heavy atom. The van der Waals surface area contributed by atoms with E-state index in [0.717, 1.165) is 33.4 Å². The molecule has 184 valence electrons. The van der Waals surface area contributed by atoms with Gasteiger partial charge in [0.2, 0.25) is 5.91 Å². The average Bonchev–Trinajstić information content (AvgIpc) is 3.31. The predicted octanol–water partition coefficient (Wildman–Crippen LogP) is 6.34. The minimum absolute atomic E-state index is 0.303. The molecule has 1 aromatic heterocycles.